The molecule has 0 bridgehead atoms. The molecule has 1 aliphatic rings. The number of nitrogens with one attached hydrogen (secondary N) is 1. The van der Waals surface area contributed by atoms with Crippen LogP contribution in [0.5, 0.6) is 11.5 Å². The van der Waals surface area contributed by atoms with Gasteiger partial charge in [-0.1, -0.05) is 6.07 Å². The minimum absolute atomic E-state index is 0.152. The van der Waals surface area contributed by atoms with E-state index < -0.39 is 0 Å². The molecule has 1 fully saturated rings. The molecule has 4 heteroatoms. The first-order valence-electron chi connectivity index (χ1n) is 7.53. The standard InChI is InChI=1S/C16H26N2O2/c1-13(15-7-6-14(20-2)12-16(15)19)17-8-5-11-18-9-3-4-10-18/h6-7,12-13,17,19H,3-5,8-11H2,1-2H3. The van der Waals surface area contributed by atoms with Crippen molar-refractivity contribution in [1.82, 2.24) is 10.2 Å². The second-order valence-corrected chi connectivity index (χ2v) is 5.50. The summed E-state index contributed by atoms with van der Waals surface area (Å²) in [5.74, 6) is 0.983. The fourth-order valence-electron chi connectivity index (χ4n) is 2.75. The lowest BCUT2D eigenvalue weighted by atomic mass is 10.1. The molecule has 2 rings (SSSR count). The maximum Gasteiger partial charge on any atom is 0.124 e. The van der Waals surface area contributed by atoms with Crippen LogP contribution in [0.4, 0.5) is 0 Å². The van der Waals surface area contributed by atoms with Crippen molar-refractivity contribution in [3.63, 3.8) is 0 Å². The van der Waals surface area contributed by atoms with E-state index in [-0.39, 0.29) is 6.04 Å². The minimum Gasteiger partial charge on any atom is -0.507 e. The van der Waals surface area contributed by atoms with Crippen LogP contribution in [0.15, 0.2) is 18.2 Å². The van der Waals surface area contributed by atoms with Crippen molar-refractivity contribution >= 4 is 0 Å². The number of phenolic OH excluding ortho intramolecular Hbond substituents is 1. The monoisotopic (exact) mass is 278 g/mol. The molecule has 1 saturated heterocycles. The number of ether oxygens (including phenoxy) is 1. The van der Waals surface area contributed by atoms with Gasteiger partial charge in [0.05, 0.1) is 7.11 Å². The highest BCUT2D eigenvalue weighted by Crippen LogP contribution is 2.28. The van der Waals surface area contributed by atoms with Gasteiger partial charge in [-0.25, -0.2) is 0 Å². The summed E-state index contributed by atoms with van der Waals surface area (Å²) in [6.07, 6.45) is 3.86. The summed E-state index contributed by atoms with van der Waals surface area (Å²) in [5.41, 5.74) is 0.923. The summed E-state index contributed by atoms with van der Waals surface area (Å²) in [6.45, 7) is 6.75. The summed E-state index contributed by atoms with van der Waals surface area (Å²) in [5, 5.41) is 13.5. The molecule has 2 N–H and O–H groups in total. The highest BCUT2D eigenvalue weighted by molar-refractivity contribution is 5.41. The number of benzene rings is 1. The second kappa shape index (κ2) is 7.50. The summed E-state index contributed by atoms with van der Waals surface area (Å²) in [4.78, 5) is 2.53. The number of rotatable bonds is 7. The Morgan fingerprint density at radius 1 is 1.35 bits per heavy atom. The van der Waals surface area contributed by atoms with E-state index in [0.717, 1.165) is 18.5 Å². The van der Waals surface area contributed by atoms with E-state index in [1.165, 1.54) is 32.5 Å². The zero-order chi connectivity index (χ0) is 14.4. The molecule has 0 saturated carbocycles. The Bertz CT molecular complexity index is 417. The Morgan fingerprint density at radius 3 is 2.75 bits per heavy atom. The Morgan fingerprint density at radius 2 is 2.10 bits per heavy atom. The molecule has 0 amide bonds. The summed E-state index contributed by atoms with van der Waals surface area (Å²) < 4.78 is 5.10. The highest BCUT2D eigenvalue weighted by Gasteiger charge is 2.12. The number of likely N-dealkylation sites (tertiary alicyclic amines) is 1. The number of hydrogen-bond acceptors (Lipinski definition) is 4. The van der Waals surface area contributed by atoms with Crippen molar-refractivity contribution in [3.8, 4) is 11.5 Å². The van der Waals surface area contributed by atoms with E-state index in [4.69, 9.17) is 4.74 Å². The lowest BCUT2D eigenvalue weighted by Gasteiger charge is -2.18. The van der Waals surface area contributed by atoms with Gasteiger partial charge in [0.2, 0.25) is 0 Å². The third-order valence-electron chi connectivity index (χ3n) is 4.00. The summed E-state index contributed by atoms with van der Waals surface area (Å²) >= 11 is 0. The molecule has 4 nitrogen and oxygen atoms in total. The lowest BCUT2D eigenvalue weighted by Crippen LogP contribution is -2.26. The molecule has 0 aromatic heterocycles. The molecule has 0 aliphatic carbocycles. The molecular formula is C16H26N2O2. The van der Waals surface area contributed by atoms with Gasteiger partial charge < -0.3 is 20.1 Å². The summed E-state index contributed by atoms with van der Waals surface area (Å²) in [6, 6.07) is 5.63. The molecular weight excluding hydrogens is 252 g/mol. The number of hydrogen-bond donors (Lipinski definition) is 2. The van der Waals surface area contributed by atoms with Crippen molar-refractivity contribution in [2.45, 2.75) is 32.2 Å². The Balaban J connectivity index is 1.74. The van der Waals surface area contributed by atoms with Gasteiger partial charge in [0.25, 0.3) is 0 Å². The maximum absolute atomic E-state index is 9.99. The number of methoxy groups -OCH3 is 1. The van der Waals surface area contributed by atoms with Crippen LogP contribution >= 0.6 is 0 Å². The largest absolute Gasteiger partial charge is 0.507 e. The zero-order valence-electron chi connectivity index (χ0n) is 12.6. The van der Waals surface area contributed by atoms with Crippen molar-refractivity contribution < 1.29 is 9.84 Å². The van der Waals surface area contributed by atoms with Crippen molar-refractivity contribution in [3.05, 3.63) is 23.8 Å². The molecule has 0 spiro atoms. The molecule has 1 aromatic rings. The molecule has 1 aromatic carbocycles. The smallest absolute Gasteiger partial charge is 0.124 e. The van der Waals surface area contributed by atoms with Gasteiger partial charge in [-0.3, -0.25) is 0 Å². The molecule has 1 atom stereocenters. The quantitative estimate of drug-likeness (QED) is 0.752. The first-order valence-corrected chi connectivity index (χ1v) is 7.53. The first-order chi connectivity index (χ1) is 9.70. The second-order valence-electron chi connectivity index (χ2n) is 5.50. The van der Waals surface area contributed by atoms with E-state index in [1.54, 1.807) is 13.2 Å². The van der Waals surface area contributed by atoms with E-state index >= 15 is 0 Å². The summed E-state index contributed by atoms with van der Waals surface area (Å²) in [7, 11) is 1.61. The van der Waals surface area contributed by atoms with Gasteiger partial charge in [0.1, 0.15) is 11.5 Å². The van der Waals surface area contributed by atoms with Crippen LogP contribution in [-0.4, -0.2) is 43.3 Å². The van der Waals surface area contributed by atoms with Crippen molar-refractivity contribution in [2.24, 2.45) is 0 Å². The van der Waals surface area contributed by atoms with Crippen LogP contribution in [0.2, 0.25) is 0 Å². The average molecular weight is 278 g/mol. The van der Waals surface area contributed by atoms with Crippen LogP contribution in [0, 0.1) is 0 Å². The number of phenols is 1. The average Bonchev–Trinajstić information content (AvgIpc) is 2.96. The molecule has 1 unspecified atom stereocenters. The van der Waals surface area contributed by atoms with Gasteiger partial charge >= 0.3 is 0 Å². The number of aromatic hydroxyl groups is 1. The van der Waals surface area contributed by atoms with Gasteiger partial charge in [-0.2, -0.15) is 0 Å². The third kappa shape index (κ3) is 4.12. The van der Waals surface area contributed by atoms with Crippen LogP contribution in [0.25, 0.3) is 0 Å². The van der Waals surface area contributed by atoms with Gasteiger partial charge in [0.15, 0.2) is 0 Å². The van der Waals surface area contributed by atoms with E-state index in [9.17, 15) is 5.11 Å². The fourth-order valence-corrected chi connectivity index (χ4v) is 2.75. The predicted molar refractivity (Wildman–Crippen MR) is 81.4 cm³/mol. The Hall–Kier alpha value is -1.26. The van der Waals surface area contributed by atoms with E-state index in [0.29, 0.717) is 11.5 Å². The Labute approximate surface area is 121 Å². The first kappa shape index (κ1) is 15.1. The highest BCUT2D eigenvalue weighted by atomic mass is 16.5. The van der Waals surface area contributed by atoms with Crippen molar-refractivity contribution in [1.29, 1.82) is 0 Å². The number of nitrogens with zero attached hydrogens (tertiary/aromatic N) is 1. The zero-order valence-corrected chi connectivity index (χ0v) is 12.6. The normalized spacial score (nSPS) is 17.3. The van der Waals surface area contributed by atoms with E-state index in [2.05, 4.69) is 17.1 Å². The molecule has 112 valence electrons. The SMILES string of the molecule is COc1ccc(C(C)NCCCN2CCCC2)c(O)c1. The molecule has 20 heavy (non-hydrogen) atoms. The topological polar surface area (TPSA) is 44.7 Å². The third-order valence-corrected chi connectivity index (χ3v) is 4.00. The van der Waals surface area contributed by atoms with Crippen LogP contribution in [0.3, 0.4) is 0 Å². The van der Waals surface area contributed by atoms with E-state index in [1.807, 2.05) is 12.1 Å². The minimum atomic E-state index is 0.152. The molecule has 0 radical (unpaired) electrons. The molecule has 1 aliphatic heterocycles. The van der Waals surface area contributed by atoms with Crippen LogP contribution in [0.1, 0.15) is 37.8 Å². The van der Waals surface area contributed by atoms with Crippen LogP contribution in [-0.2, 0) is 0 Å². The van der Waals surface area contributed by atoms with Gasteiger partial charge in [0, 0.05) is 17.7 Å². The predicted octanol–water partition coefficient (Wildman–Crippen LogP) is 2.54. The van der Waals surface area contributed by atoms with Gasteiger partial charge in [-0.15, -0.1) is 0 Å². The maximum atomic E-state index is 9.99. The fraction of sp³-hybridized carbons (Fsp3) is 0.625. The van der Waals surface area contributed by atoms with Crippen molar-refractivity contribution in [2.75, 3.05) is 33.3 Å². The molecule has 1 heterocycles. The Kier molecular flexibility index (Phi) is 5.68. The lowest BCUT2D eigenvalue weighted by molar-refractivity contribution is 0.328. The van der Waals surface area contributed by atoms with Crippen LogP contribution < -0.4 is 10.1 Å². The van der Waals surface area contributed by atoms with Gasteiger partial charge in [-0.05, 0) is 58.4 Å².